The van der Waals surface area contributed by atoms with E-state index in [1.54, 1.807) is 0 Å². The molecule has 1 fully saturated rings. The minimum atomic E-state index is -0.530. The summed E-state index contributed by atoms with van der Waals surface area (Å²) in [6, 6.07) is 3.39. The van der Waals surface area contributed by atoms with Gasteiger partial charge in [-0.2, -0.15) is 0 Å². The molecule has 1 aliphatic carbocycles. The van der Waals surface area contributed by atoms with Crippen LogP contribution < -0.4 is 5.32 Å². The Labute approximate surface area is 122 Å². The summed E-state index contributed by atoms with van der Waals surface area (Å²) in [6.07, 6.45) is 2.34. The number of amides is 1. The van der Waals surface area contributed by atoms with E-state index in [0.29, 0.717) is 25.7 Å². The van der Waals surface area contributed by atoms with E-state index in [1.807, 2.05) is 0 Å². The summed E-state index contributed by atoms with van der Waals surface area (Å²) in [4.78, 5) is 23.5. The minimum absolute atomic E-state index is 0.0649. The SMILES string of the molecule is COC(=O)C1CCC(C(=O)Nc2cc(F)ccc2O)CC1. The first kappa shape index (κ1) is 15.3. The highest BCUT2D eigenvalue weighted by molar-refractivity contribution is 5.94. The first-order valence-electron chi connectivity index (χ1n) is 6.88. The van der Waals surface area contributed by atoms with Crippen LogP contribution in [0.1, 0.15) is 25.7 Å². The highest BCUT2D eigenvalue weighted by Gasteiger charge is 2.30. The van der Waals surface area contributed by atoms with Crippen LogP contribution in [0.5, 0.6) is 5.75 Å². The van der Waals surface area contributed by atoms with Crippen LogP contribution in [0, 0.1) is 17.7 Å². The highest BCUT2D eigenvalue weighted by Crippen LogP contribution is 2.31. The molecule has 0 unspecified atom stereocenters. The number of phenols is 1. The Morgan fingerprint density at radius 3 is 2.48 bits per heavy atom. The molecule has 0 saturated heterocycles. The van der Waals surface area contributed by atoms with Crippen LogP contribution in [0.3, 0.4) is 0 Å². The summed E-state index contributed by atoms with van der Waals surface area (Å²) in [5, 5.41) is 12.1. The molecule has 21 heavy (non-hydrogen) atoms. The lowest BCUT2D eigenvalue weighted by molar-refractivity contribution is -0.147. The van der Waals surface area contributed by atoms with Gasteiger partial charge in [-0.25, -0.2) is 4.39 Å². The van der Waals surface area contributed by atoms with E-state index in [2.05, 4.69) is 5.32 Å². The smallest absolute Gasteiger partial charge is 0.308 e. The molecule has 1 aromatic rings. The van der Waals surface area contributed by atoms with Crippen LogP contribution in [0.4, 0.5) is 10.1 Å². The maximum absolute atomic E-state index is 13.1. The Morgan fingerprint density at radius 2 is 1.86 bits per heavy atom. The van der Waals surface area contributed by atoms with Gasteiger partial charge in [-0.1, -0.05) is 0 Å². The zero-order valence-corrected chi connectivity index (χ0v) is 11.8. The molecule has 0 radical (unpaired) electrons. The second-order valence-corrected chi connectivity index (χ2v) is 5.22. The zero-order chi connectivity index (χ0) is 15.4. The molecule has 1 aliphatic rings. The number of ether oxygens (including phenoxy) is 1. The number of hydrogen-bond acceptors (Lipinski definition) is 4. The third-order valence-corrected chi connectivity index (χ3v) is 3.85. The maximum Gasteiger partial charge on any atom is 0.308 e. The predicted molar refractivity (Wildman–Crippen MR) is 74.2 cm³/mol. The van der Waals surface area contributed by atoms with Crippen molar-refractivity contribution in [1.29, 1.82) is 0 Å². The van der Waals surface area contributed by atoms with Crippen molar-refractivity contribution in [2.75, 3.05) is 12.4 Å². The molecule has 0 atom stereocenters. The molecule has 114 valence electrons. The van der Waals surface area contributed by atoms with Crippen LogP contribution in [0.2, 0.25) is 0 Å². The van der Waals surface area contributed by atoms with Crippen molar-refractivity contribution in [3.05, 3.63) is 24.0 Å². The van der Waals surface area contributed by atoms with E-state index < -0.39 is 5.82 Å². The van der Waals surface area contributed by atoms with E-state index in [-0.39, 0.29) is 35.1 Å². The lowest BCUT2D eigenvalue weighted by atomic mass is 9.81. The number of anilines is 1. The topological polar surface area (TPSA) is 75.6 Å². The average molecular weight is 295 g/mol. The van der Waals surface area contributed by atoms with Gasteiger partial charge in [0.25, 0.3) is 0 Å². The maximum atomic E-state index is 13.1. The lowest BCUT2D eigenvalue weighted by Gasteiger charge is -2.26. The van der Waals surface area contributed by atoms with Crippen molar-refractivity contribution in [2.24, 2.45) is 11.8 Å². The van der Waals surface area contributed by atoms with Gasteiger partial charge in [0.05, 0.1) is 18.7 Å². The van der Waals surface area contributed by atoms with Crippen molar-refractivity contribution in [3.8, 4) is 5.75 Å². The fourth-order valence-electron chi connectivity index (χ4n) is 2.60. The Hall–Kier alpha value is -2.11. The van der Waals surface area contributed by atoms with Gasteiger partial charge in [0.2, 0.25) is 5.91 Å². The quantitative estimate of drug-likeness (QED) is 0.663. The summed E-state index contributed by atoms with van der Waals surface area (Å²) < 4.78 is 17.8. The van der Waals surface area contributed by atoms with Crippen LogP contribution in [0.25, 0.3) is 0 Å². The largest absolute Gasteiger partial charge is 0.506 e. The number of aromatic hydroxyl groups is 1. The molecule has 5 nitrogen and oxygen atoms in total. The number of hydrogen-bond donors (Lipinski definition) is 2. The average Bonchev–Trinajstić information content (AvgIpc) is 2.50. The van der Waals surface area contributed by atoms with E-state index in [0.717, 1.165) is 12.1 Å². The molecule has 2 N–H and O–H groups in total. The Balaban J connectivity index is 1.93. The van der Waals surface area contributed by atoms with Crippen molar-refractivity contribution < 1.29 is 23.8 Å². The standard InChI is InChI=1S/C15H18FNO4/c1-21-15(20)10-4-2-9(3-5-10)14(19)17-12-8-11(16)6-7-13(12)18/h6-10,18H,2-5H2,1H3,(H,17,19). The van der Waals surface area contributed by atoms with E-state index in [9.17, 15) is 19.1 Å². The summed E-state index contributed by atoms with van der Waals surface area (Å²) in [5.41, 5.74) is 0.0649. The fraction of sp³-hybridized carbons (Fsp3) is 0.467. The van der Waals surface area contributed by atoms with Gasteiger partial charge in [-0.05, 0) is 37.8 Å². The van der Waals surface area contributed by atoms with Crippen molar-refractivity contribution >= 4 is 17.6 Å². The molecule has 1 amide bonds. The number of esters is 1. The Kier molecular flexibility index (Phi) is 4.77. The first-order chi connectivity index (χ1) is 10.0. The molecular weight excluding hydrogens is 277 g/mol. The molecule has 1 saturated carbocycles. The number of methoxy groups -OCH3 is 1. The summed E-state index contributed by atoms with van der Waals surface area (Å²) in [6.45, 7) is 0. The number of carbonyl (C=O) groups is 2. The van der Waals surface area contributed by atoms with Crippen LogP contribution in [-0.4, -0.2) is 24.1 Å². The van der Waals surface area contributed by atoms with Gasteiger partial charge in [0.1, 0.15) is 11.6 Å². The van der Waals surface area contributed by atoms with Crippen LogP contribution in [-0.2, 0) is 14.3 Å². The number of nitrogens with one attached hydrogen (secondary N) is 1. The Bertz CT molecular complexity index is 538. The number of benzene rings is 1. The summed E-state index contributed by atoms with van der Waals surface area (Å²) in [7, 11) is 1.36. The molecule has 0 aliphatic heterocycles. The molecule has 0 heterocycles. The molecule has 6 heteroatoms. The summed E-state index contributed by atoms with van der Waals surface area (Å²) >= 11 is 0. The third-order valence-electron chi connectivity index (χ3n) is 3.85. The van der Waals surface area contributed by atoms with Crippen molar-refractivity contribution in [1.82, 2.24) is 0 Å². The molecule has 0 aromatic heterocycles. The molecule has 0 spiro atoms. The Morgan fingerprint density at radius 1 is 1.24 bits per heavy atom. The minimum Gasteiger partial charge on any atom is -0.506 e. The second kappa shape index (κ2) is 6.56. The third kappa shape index (κ3) is 3.71. The van der Waals surface area contributed by atoms with Gasteiger partial charge < -0.3 is 15.2 Å². The number of rotatable bonds is 3. The molecular formula is C15H18FNO4. The van der Waals surface area contributed by atoms with E-state index in [1.165, 1.54) is 13.2 Å². The second-order valence-electron chi connectivity index (χ2n) is 5.22. The predicted octanol–water partition coefficient (Wildman–Crippen LogP) is 2.45. The monoisotopic (exact) mass is 295 g/mol. The van der Waals surface area contributed by atoms with Gasteiger partial charge in [0, 0.05) is 12.0 Å². The molecule has 2 rings (SSSR count). The zero-order valence-electron chi connectivity index (χ0n) is 11.8. The summed E-state index contributed by atoms with van der Waals surface area (Å²) in [5.74, 6) is -1.60. The van der Waals surface area contributed by atoms with Gasteiger partial charge >= 0.3 is 5.97 Å². The van der Waals surface area contributed by atoms with Crippen molar-refractivity contribution in [2.45, 2.75) is 25.7 Å². The number of carbonyl (C=O) groups excluding carboxylic acids is 2. The van der Waals surface area contributed by atoms with E-state index in [4.69, 9.17) is 4.74 Å². The molecule has 1 aromatic carbocycles. The van der Waals surface area contributed by atoms with Crippen molar-refractivity contribution in [3.63, 3.8) is 0 Å². The fourth-order valence-corrected chi connectivity index (χ4v) is 2.60. The molecule has 0 bridgehead atoms. The van der Waals surface area contributed by atoms with Gasteiger partial charge in [-0.15, -0.1) is 0 Å². The first-order valence-corrected chi connectivity index (χ1v) is 6.88. The van der Waals surface area contributed by atoms with Gasteiger partial charge in [-0.3, -0.25) is 9.59 Å². The van der Waals surface area contributed by atoms with Gasteiger partial charge in [0.15, 0.2) is 0 Å². The number of halogens is 1. The lowest BCUT2D eigenvalue weighted by Crippen LogP contribution is -2.30. The van der Waals surface area contributed by atoms with E-state index >= 15 is 0 Å². The normalized spacial score (nSPS) is 21.6. The highest BCUT2D eigenvalue weighted by atomic mass is 19.1. The number of phenolic OH excluding ortho intramolecular Hbond substituents is 1. The van der Waals surface area contributed by atoms with Crippen LogP contribution >= 0.6 is 0 Å². The van der Waals surface area contributed by atoms with Crippen LogP contribution in [0.15, 0.2) is 18.2 Å².